The van der Waals surface area contributed by atoms with Gasteiger partial charge in [0.05, 0.1) is 23.6 Å². The van der Waals surface area contributed by atoms with Crippen LogP contribution < -0.4 is 5.32 Å². The summed E-state index contributed by atoms with van der Waals surface area (Å²) in [7, 11) is 0. The molecule has 0 aliphatic rings. The third-order valence-electron chi connectivity index (χ3n) is 3.07. The lowest BCUT2D eigenvalue weighted by atomic mass is 10.2. The Bertz CT molecular complexity index is 875. The van der Waals surface area contributed by atoms with Crippen LogP contribution in [0.3, 0.4) is 0 Å². The number of nitrogens with one attached hydrogen (secondary N) is 1. The number of alkyl halides is 3. The second-order valence-electron chi connectivity index (χ2n) is 4.71. The molecular formula is C15H9F3N6. The fourth-order valence-corrected chi connectivity index (χ4v) is 1.92. The molecule has 3 aromatic rings. The Labute approximate surface area is 134 Å². The Morgan fingerprint density at radius 1 is 1.00 bits per heavy atom. The van der Waals surface area contributed by atoms with Crippen LogP contribution >= 0.6 is 0 Å². The van der Waals surface area contributed by atoms with Crippen LogP contribution in [0.4, 0.5) is 24.8 Å². The highest BCUT2D eigenvalue weighted by atomic mass is 19.4. The number of nitrogens with zero attached hydrogens (tertiary/aromatic N) is 5. The zero-order valence-corrected chi connectivity index (χ0v) is 12.0. The maximum Gasteiger partial charge on any atom is 0.416 e. The molecule has 24 heavy (non-hydrogen) atoms. The van der Waals surface area contributed by atoms with Gasteiger partial charge in [-0.15, -0.1) is 0 Å². The van der Waals surface area contributed by atoms with Crippen LogP contribution in [0.2, 0.25) is 0 Å². The molecule has 0 saturated carbocycles. The summed E-state index contributed by atoms with van der Waals surface area (Å²) < 4.78 is 39.1. The third kappa shape index (κ3) is 3.33. The van der Waals surface area contributed by atoms with E-state index in [-0.39, 0.29) is 5.69 Å². The van der Waals surface area contributed by atoms with Crippen molar-refractivity contribution in [3.05, 3.63) is 60.2 Å². The van der Waals surface area contributed by atoms with E-state index in [0.717, 1.165) is 12.1 Å². The van der Waals surface area contributed by atoms with E-state index in [1.807, 2.05) is 6.07 Å². The largest absolute Gasteiger partial charge is 0.416 e. The fraction of sp³-hybridized carbons (Fsp3) is 0.0667. The van der Waals surface area contributed by atoms with E-state index in [9.17, 15) is 13.2 Å². The van der Waals surface area contributed by atoms with Crippen molar-refractivity contribution in [3.63, 3.8) is 0 Å². The van der Waals surface area contributed by atoms with E-state index in [2.05, 4.69) is 20.4 Å². The SMILES string of the molecule is N#Cc1cnc(Nc2ccn(-c3ccc(C(F)(F)F)cc3)n2)cn1. The van der Waals surface area contributed by atoms with Gasteiger partial charge in [-0.25, -0.2) is 14.6 Å². The number of halogens is 3. The molecule has 0 amide bonds. The number of hydrogen-bond acceptors (Lipinski definition) is 5. The lowest BCUT2D eigenvalue weighted by Gasteiger charge is -2.07. The molecule has 0 atom stereocenters. The summed E-state index contributed by atoms with van der Waals surface area (Å²) in [6.45, 7) is 0. The number of nitriles is 1. The second-order valence-corrected chi connectivity index (χ2v) is 4.71. The lowest BCUT2D eigenvalue weighted by molar-refractivity contribution is -0.137. The first-order chi connectivity index (χ1) is 11.5. The lowest BCUT2D eigenvalue weighted by Crippen LogP contribution is -2.05. The Kier molecular flexibility index (Phi) is 3.87. The number of anilines is 2. The number of hydrogen-bond donors (Lipinski definition) is 1. The highest BCUT2D eigenvalue weighted by Gasteiger charge is 2.30. The summed E-state index contributed by atoms with van der Waals surface area (Å²) in [6, 6.07) is 8.16. The molecule has 0 bridgehead atoms. The molecule has 1 N–H and O–H groups in total. The van der Waals surface area contributed by atoms with Crippen molar-refractivity contribution in [3.8, 4) is 11.8 Å². The number of aromatic nitrogens is 4. The van der Waals surface area contributed by atoms with Crippen LogP contribution in [0.1, 0.15) is 11.3 Å². The molecule has 9 heteroatoms. The van der Waals surface area contributed by atoms with Crippen molar-refractivity contribution in [1.29, 1.82) is 5.26 Å². The maximum absolute atomic E-state index is 12.6. The molecule has 3 rings (SSSR count). The summed E-state index contributed by atoms with van der Waals surface area (Å²) in [6.07, 6.45) is -0.0729. The first kappa shape index (κ1) is 15.5. The maximum atomic E-state index is 12.6. The van der Waals surface area contributed by atoms with E-state index in [0.29, 0.717) is 17.3 Å². The van der Waals surface area contributed by atoms with Gasteiger partial charge in [0.1, 0.15) is 11.9 Å². The molecule has 0 fully saturated rings. The molecule has 0 aliphatic heterocycles. The van der Waals surface area contributed by atoms with Crippen molar-refractivity contribution in [2.24, 2.45) is 0 Å². The van der Waals surface area contributed by atoms with Gasteiger partial charge in [-0.1, -0.05) is 0 Å². The quantitative estimate of drug-likeness (QED) is 0.797. The van der Waals surface area contributed by atoms with Crippen molar-refractivity contribution in [2.75, 3.05) is 5.32 Å². The van der Waals surface area contributed by atoms with Gasteiger partial charge in [0.15, 0.2) is 11.5 Å². The zero-order chi connectivity index (χ0) is 17.2. The molecule has 6 nitrogen and oxygen atoms in total. The van der Waals surface area contributed by atoms with Crippen LogP contribution in [0.15, 0.2) is 48.9 Å². The average molecular weight is 330 g/mol. The summed E-state index contributed by atoms with van der Waals surface area (Å²) in [4.78, 5) is 7.86. The monoisotopic (exact) mass is 330 g/mol. The Morgan fingerprint density at radius 3 is 2.33 bits per heavy atom. The molecule has 0 spiro atoms. The third-order valence-corrected chi connectivity index (χ3v) is 3.07. The van der Waals surface area contributed by atoms with Crippen LogP contribution in [0.5, 0.6) is 0 Å². The van der Waals surface area contributed by atoms with Crippen molar-refractivity contribution in [1.82, 2.24) is 19.7 Å². The average Bonchev–Trinajstić information content (AvgIpc) is 3.03. The van der Waals surface area contributed by atoms with E-state index in [1.165, 1.54) is 29.2 Å². The van der Waals surface area contributed by atoms with Gasteiger partial charge in [-0.05, 0) is 24.3 Å². The predicted molar refractivity (Wildman–Crippen MR) is 78.6 cm³/mol. The molecule has 0 unspecified atom stereocenters. The zero-order valence-electron chi connectivity index (χ0n) is 12.0. The van der Waals surface area contributed by atoms with Crippen molar-refractivity contribution >= 4 is 11.6 Å². The van der Waals surface area contributed by atoms with E-state index < -0.39 is 11.7 Å². The minimum Gasteiger partial charge on any atom is -0.322 e. The summed E-state index contributed by atoms with van der Waals surface area (Å²) >= 11 is 0. The molecule has 120 valence electrons. The first-order valence-corrected chi connectivity index (χ1v) is 6.68. The minimum absolute atomic E-state index is 0.191. The van der Waals surface area contributed by atoms with Gasteiger partial charge in [-0.2, -0.15) is 23.5 Å². The Balaban J connectivity index is 1.76. The highest BCUT2D eigenvalue weighted by Crippen LogP contribution is 2.29. The van der Waals surface area contributed by atoms with Crippen molar-refractivity contribution in [2.45, 2.75) is 6.18 Å². The van der Waals surface area contributed by atoms with Crippen LogP contribution in [-0.2, 0) is 6.18 Å². The standard InChI is InChI=1S/C15H9F3N6/c16-15(17,18)10-1-3-12(4-2-10)24-6-5-13(23-24)22-14-9-20-11(7-19)8-21-14/h1-6,8-9H,(H,21,22,23). The summed E-state index contributed by atoms with van der Waals surface area (Å²) in [5.41, 5.74) is -0.0394. The van der Waals surface area contributed by atoms with Gasteiger partial charge in [0, 0.05) is 12.3 Å². The second kappa shape index (κ2) is 6.00. The molecule has 0 radical (unpaired) electrons. The number of benzene rings is 1. The van der Waals surface area contributed by atoms with Gasteiger partial charge >= 0.3 is 6.18 Å². The number of rotatable bonds is 3. The fourth-order valence-electron chi connectivity index (χ4n) is 1.92. The van der Waals surface area contributed by atoms with Gasteiger partial charge in [0.25, 0.3) is 0 Å². The molecule has 1 aromatic carbocycles. The summed E-state index contributed by atoms with van der Waals surface area (Å²) in [5.74, 6) is 0.834. The molecule has 0 aliphatic carbocycles. The smallest absolute Gasteiger partial charge is 0.322 e. The van der Waals surface area contributed by atoms with Crippen LogP contribution in [0, 0.1) is 11.3 Å². The normalized spacial score (nSPS) is 11.1. The van der Waals surface area contributed by atoms with E-state index in [4.69, 9.17) is 5.26 Å². The Hall–Kier alpha value is -3.41. The van der Waals surface area contributed by atoms with Gasteiger partial charge < -0.3 is 5.32 Å². The summed E-state index contributed by atoms with van der Waals surface area (Å²) in [5, 5.41) is 15.7. The molecular weight excluding hydrogens is 321 g/mol. The van der Waals surface area contributed by atoms with E-state index >= 15 is 0 Å². The van der Waals surface area contributed by atoms with E-state index in [1.54, 1.807) is 12.3 Å². The predicted octanol–water partition coefficient (Wildman–Crippen LogP) is 3.30. The van der Waals surface area contributed by atoms with Gasteiger partial charge in [-0.3, -0.25) is 0 Å². The minimum atomic E-state index is -4.37. The van der Waals surface area contributed by atoms with Gasteiger partial charge in [0.2, 0.25) is 0 Å². The molecule has 2 aromatic heterocycles. The highest BCUT2D eigenvalue weighted by molar-refractivity contribution is 5.50. The molecule has 0 saturated heterocycles. The van der Waals surface area contributed by atoms with Crippen LogP contribution in [0.25, 0.3) is 5.69 Å². The topological polar surface area (TPSA) is 79.4 Å². The van der Waals surface area contributed by atoms with Crippen LogP contribution in [-0.4, -0.2) is 19.7 Å². The van der Waals surface area contributed by atoms with Crippen molar-refractivity contribution < 1.29 is 13.2 Å². The molecule has 2 heterocycles. The first-order valence-electron chi connectivity index (χ1n) is 6.68. The Morgan fingerprint density at radius 2 is 1.75 bits per heavy atom.